The number of benzene rings is 1. The summed E-state index contributed by atoms with van der Waals surface area (Å²) in [5, 5.41) is 24.0. The van der Waals surface area contributed by atoms with E-state index in [2.05, 4.69) is 10.6 Å². The average Bonchev–Trinajstić information content (AvgIpc) is 2.37. The molecule has 0 radical (unpaired) electrons. The topological polar surface area (TPSA) is 91.1 Å². The standard InChI is InChI=1S/C12H15FN4O2/c1-2-15-6-5-10(14)8-16-11-4-3-9(13)7-12(11)17(18)19/h3-7,14-16H,2,8H2,1H3/b6-5-,14-10?. The van der Waals surface area contributed by atoms with Crippen molar-refractivity contribution in [3.05, 3.63) is 46.4 Å². The predicted molar refractivity (Wildman–Crippen MR) is 72.1 cm³/mol. The maximum atomic E-state index is 12.9. The molecule has 0 aromatic heterocycles. The van der Waals surface area contributed by atoms with E-state index in [1.807, 2.05) is 6.92 Å². The molecule has 0 aliphatic carbocycles. The molecule has 1 aromatic rings. The van der Waals surface area contributed by atoms with Crippen LogP contribution in [0.4, 0.5) is 15.8 Å². The third-order valence-corrected chi connectivity index (χ3v) is 2.23. The van der Waals surface area contributed by atoms with Crippen LogP contribution in [0.25, 0.3) is 0 Å². The molecule has 0 fully saturated rings. The molecule has 0 saturated heterocycles. The summed E-state index contributed by atoms with van der Waals surface area (Å²) in [4.78, 5) is 10.1. The molecule has 19 heavy (non-hydrogen) atoms. The minimum Gasteiger partial charge on any atom is -0.391 e. The Balaban J connectivity index is 2.67. The lowest BCUT2D eigenvalue weighted by Crippen LogP contribution is -2.13. The normalized spacial score (nSPS) is 10.4. The number of hydrogen-bond acceptors (Lipinski definition) is 5. The van der Waals surface area contributed by atoms with Gasteiger partial charge in [0.1, 0.15) is 11.5 Å². The molecule has 102 valence electrons. The Bertz CT molecular complexity index is 503. The number of nitro groups is 1. The molecular weight excluding hydrogens is 251 g/mol. The number of nitrogens with one attached hydrogen (secondary N) is 3. The van der Waals surface area contributed by atoms with Gasteiger partial charge >= 0.3 is 0 Å². The molecule has 7 heteroatoms. The van der Waals surface area contributed by atoms with Crippen LogP contribution >= 0.6 is 0 Å². The van der Waals surface area contributed by atoms with E-state index in [0.717, 1.165) is 18.7 Å². The fourth-order valence-corrected chi connectivity index (χ4v) is 1.33. The molecule has 0 aliphatic rings. The first-order valence-electron chi connectivity index (χ1n) is 5.69. The van der Waals surface area contributed by atoms with Crippen molar-refractivity contribution in [3.63, 3.8) is 0 Å². The third kappa shape index (κ3) is 4.74. The summed E-state index contributed by atoms with van der Waals surface area (Å²) in [6, 6.07) is 3.27. The average molecular weight is 266 g/mol. The second-order valence-electron chi connectivity index (χ2n) is 3.69. The second kappa shape index (κ2) is 7.10. The van der Waals surface area contributed by atoms with Gasteiger partial charge in [-0.2, -0.15) is 0 Å². The first kappa shape index (κ1) is 14.6. The molecule has 0 bridgehead atoms. The predicted octanol–water partition coefficient (Wildman–Crippen LogP) is 2.29. The zero-order chi connectivity index (χ0) is 14.3. The van der Waals surface area contributed by atoms with Crippen LogP contribution in [-0.2, 0) is 0 Å². The number of halogens is 1. The maximum absolute atomic E-state index is 12.9. The van der Waals surface area contributed by atoms with Crippen molar-refractivity contribution in [2.75, 3.05) is 18.4 Å². The van der Waals surface area contributed by atoms with E-state index in [0.29, 0.717) is 0 Å². The molecule has 0 unspecified atom stereocenters. The van der Waals surface area contributed by atoms with Gasteiger partial charge in [-0.25, -0.2) is 4.39 Å². The summed E-state index contributed by atoms with van der Waals surface area (Å²) in [5.41, 5.74) is 0.0936. The van der Waals surface area contributed by atoms with Crippen LogP contribution in [0.5, 0.6) is 0 Å². The van der Waals surface area contributed by atoms with Crippen LogP contribution < -0.4 is 10.6 Å². The molecular formula is C12H15FN4O2. The van der Waals surface area contributed by atoms with Gasteiger partial charge in [-0.05, 0) is 31.3 Å². The van der Waals surface area contributed by atoms with E-state index in [-0.39, 0.29) is 23.6 Å². The summed E-state index contributed by atoms with van der Waals surface area (Å²) in [7, 11) is 0. The van der Waals surface area contributed by atoms with Gasteiger partial charge < -0.3 is 16.0 Å². The Hall–Kier alpha value is -2.44. The van der Waals surface area contributed by atoms with Crippen molar-refractivity contribution in [2.24, 2.45) is 0 Å². The SMILES string of the molecule is CCN/C=C\C(=N)CNc1ccc(F)cc1[N+](=O)[O-]. The van der Waals surface area contributed by atoms with Gasteiger partial charge in [-0.1, -0.05) is 0 Å². The highest BCUT2D eigenvalue weighted by Crippen LogP contribution is 2.24. The summed E-state index contributed by atoms with van der Waals surface area (Å²) >= 11 is 0. The Kier molecular flexibility index (Phi) is 5.46. The van der Waals surface area contributed by atoms with Crippen molar-refractivity contribution in [1.82, 2.24) is 5.32 Å². The van der Waals surface area contributed by atoms with Crippen molar-refractivity contribution in [3.8, 4) is 0 Å². The van der Waals surface area contributed by atoms with E-state index >= 15 is 0 Å². The van der Waals surface area contributed by atoms with Crippen LogP contribution in [0.3, 0.4) is 0 Å². The summed E-state index contributed by atoms with van der Waals surface area (Å²) < 4.78 is 12.9. The van der Waals surface area contributed by atoms with Gasteiger partial charge in [0.05, 0.1) is 23.2 Å². The Morgan fingerprint density at radius 2 is 2.32 bits per heavy atom. The van der Waals surface area contributed by atoms with Gasteiger partial charge in [0.15, 0.2) is 0 Å². The lowest BCUT2D eigenvalue weighted by molar-refractivity contribution is -0.384. The van der Waals surface area contributed by atoms with Crippen LogP contribution in [0.15, 0.2) is 30.5 Å². The van der Waals surface area contributed by atoms with Crippen LogP contribution in [0.1, 0.15) is 6.92 Å². The second-order valence-corrected chi connectivity index (χ2v) is 3.69. The molecule has 0 heterocycles. The summed E-state index contributed by atoms with van der Waals surface area (Å²) in [6.07, 6.45) is 3.18. The first-order valence-corrected chi connectivity index (χ1v) is 5.69. The minimum absolute atomic E-state index is 0.119. The number of nitro benzene ring substituents is 1. The van der Waals surface area contributed by atoms with Crippen molar-refractivity contribution in [2.45, 2.75) is 6.92 Å². The van der Waals surface area contributed by atoms with Crippen molar-refractivity contribution in [1.29, 1.82) is 5.41 Å². The molecule has 1 rings (SSSR count). The maximum Gasteiger partial charge on any atom is 0.295 e. The van der Waals surface area contributed by atoms with Crippen molar-refractivity contribution < 1.29 is 9.31 Å². The van der Waals surface area contributed by atoms with E-state index in [1.54, 1.807) is 12.3 Å². The highest BCUT2D eigenvalue weighted by Gasteiger charge is 2.14. The van der Waals surface area contributed by atoms with E-state index in [1.165, 1.54) is 6.07 Å². The fraction of sp³-hybridized carbons (Fsp3) is 0.250. The highest BCUT2D eigenvalue weighted by molar-refractivity contribution is 5.95. The smallest absolute Gasteiger partial charge is 0.295 e. The van der Waals surface area contributed by atoms with E-state index in [9.17, 15) is 14.5 Å². The Labute approximate surface area is 110 Å². The lowest BCUT2D eigenvalue weighted by Gasteiger charge is -2.06. The molecule has 1 aromatic carbocycles. The Morgan fingerprint density at radius 3 is 2.95 bits per heavy atom. The monoisotopic (exact) mass is 266 g/mol. The molecule has 0 spiro atoms. The molecule has 3 N–H and O–H groups in total. The lowest BCUT2D eigenvalue weighted by atomic mass is 10.2. The number of nitrogens with zero attached hydrogens (tertiary/aromatic N) is 1. The van der Waals surface area contributed by atoms with Gasteiger partial charge in [-0.3, -0.25) is 10.1 Å². The molecule has 0 amide bonds. The van der Waals surface area contributed by atoms with E-state index < -0.39 is 10.7 Å². The summed E-state index contributed by atoms with van der Waals surface area (Å²) in [6.45, 7) is 2.79. The largest absolute Gasteiger partial charge is 0.391 e. The minimum atomic E-state index is -0.667. The quantitative estimate of drug-likeness (QED) is 0.401. The number of anilines is 1. The van der Waals surface area contributed by atoms with Crippen LogP contribution in [-0.4, -0.2) is 23.7 Å². The van der Waals surface area contributed by atoms with Gasteiger partial charge in [0, 0.05) is 6.54 Å². The third-order valence-electron chi connectivity index (χ3n) is 2.23. The van der Waals surface area contributed by atoms with Gasteiger partial charge in [0.25, 0.3) is 5.69 Å². The van der Waals surface area contributed by atoms with Crippen molar-refractivity contribution >= 4 is 17.1 Å². The van der Waals surface area contributed by atoms with Gasteiger partial charge in [0.2, 0.25) is 0 Å². The number of hydrogen-bond donors (Lipinski definition) is 3. The number of rotatable bonds is 7. The molecule has 0 atom stereocenters. The molecule has 6 nitrogen and oxygen atoms in total. The zero-order valence-corrected chi connectivity index (χ0v) is 10.4. The highest BCUT2D eigenvalue weighted by atomic mass is 19.1. The first-order chi connectivity index (χ1) is 9.04. The van der Waals surface area contributed by atoms with E-state index in [4.69, 9.17) is 5.41 Å². The zero-order valence-electron chi connectivity index (χ0n) is 10.4. The fourth-order valence-electron chi connectivity index (χ4n) is 1.33. The summed E-state index contributed by atoms with van der Waals surface area (Å²) in [5.74, 6) is -0.667. The van der Waals surface area contributed by atoms with Crippen LogP contribution in [0.2, 0.25) is 0 Å². The molecule has 0 saturated carbocycles. The Morgan fingerprint density at radius 1 is 1.58 bits per heavy atom. The van der Waals surface area contributed by atoms with Crippen LogP contribution in [0, 0.1) is 21.3 Å². The molecule has 0 aliphatic heterocycles. The van der Waals surface area contributed by atoms with Gasteiger partial charge in [-0.15, -0.1) is 0 Å².